The second-order valence-corrected chi connectivity index (χ2v) is 4.58. The number of carboxylic acids is 3. The average molecular weight is 516 g/mol. The largest absolute Gasteiger partial charge is 1.00 e. The first-order chi connectivity index (χ1) is 11.2. The fourth-order valence-electron chi connectivity index (χ4n) is 0.714. The summed E-state index contributed by atoms with van der Waals surface area (Å²) in [5.41, 5.74) is -2.74. The predicted molar refractivity (Wildman–Crippen MR) is 71.7 cm³/mol. The van der Waals surface area contributed by atoms with Crippen LogP contribution in [0.2, 0.25) is 0 Å². The first-order valence-electron chi connectivity index (χ1n) is 5.47. The second kappa shape index (κ2) is 28.7. The van der Waals surface area contributed by atoms with Crippen molar-refractivity contribution in [2.24, 2.45) is 0 Å². The van der Waals surface area contributed by atoms with E-state index in [1.54, 1.807) is 0 Å². The number of aliphatic hydroxyl groups is 1. The third-order valence-corrected chi connectivity index (χ3v) is 1.29. The molecule has 0 aromatic rings. The Hall–Kier alpha value is 1.66. The average Bonchev–Trinajstić information content (AvgIpc) is 2.21. The molecule has 0 bridgehead atoms. The molecule has 11 N–H and O–H groups in total. The molecule has 30 heavy (non-hydrogen) atoms. The van der Waals surface area contributed by atoms with Crippen molar-refractivity contribution in [2.45, 2.75) is 18.4 Å². The van der Waals surface area contributed by atoms with Crippen molar-refractivity contribution in [3.8, 4) is 0 Å². The van der Waals surface area contributed by atoms with Gasteiger partial charge in [-0.05, 0) is 0 Å². The SMILES string of the molecule is O=C(O)CC(O)(CC(=O)O)C(=O)O.O=P([O-])([O-])O.OB(O)O.OB(O)O.[Cl-].[Na+].[Na+].[Na+]. The van der Waals surface area contributed by atoms with E-state index in [2.05, 4.69) is 0 Å². The first-order valence-corrected chi connectivity index (χ1v) is 6.96. The van der Waals surface area contributed by atoms with Crippen molar-refractivity contribution in [3.05, 3.63) is 0 Å². The molecule has 0 spiro atoms. The molecule has 0 aromatic heterocycles. The molecule has 0 rings (SSSR count). The minimum Gasteiger partial charge on any atom is -1.00 e. The summed E-state index contributed by atoms with van der Waals surface area (Å²) in [6.45, 7) is 0. The smallest absolute Gasteiger partial charge is 1.00 e. The van der Waals surface area contributed by atoms with E-state index in [0.717, 1.165) is 0 Å². The van der Waals surface area contributed by atoms with E-state index in [1.807, 2.05) is 0 Å². The van der Waals surface area contributed by atoms with Crippen LogP contribution in [0.15, 0.2) is 0 Å². The van der Waals surface area contributed by atoms with Crippen LogP contribution in [-0.4, -0.2) is 93.6 Å². The van der Waals surface area contributed by atoms with Gasteiger partial charge in [0.1, 0.15) is 0 Å². The molecule has 0 heterocycles. The monoisotopic (exact) mass is 516 g/mol. The minimum absolute atomic E-state index is 0. The summed E-state index contributed by atoms with van der Waals surface area (Å²) in [4.78, 5) is 54.8. The van der Waals surface area contributed by atoms with Gasteiger partial charge in [0.15, 0.2) is 5.60 Å². The fourth-order valence-corrected chi connectivity index (χ4v) is 0.714. The van der Waals surface area contributed by atoms with Gasteiger partial charge in [-0.15, -0.1) is 0 Å². The van der Waals surface area contributed by atoms with Gasteiger partial charge in [-0.25, -0.2) is 4.79 Å². The Kier molecular flexibility index (Phi) is 50.8. The van der Waals surface area contributed by atoms with Gasteiger partial charge in [-0.2, -0.15) is 0 Å². The molecular weight excluding hydrogens is 501 g/mol. The first kappa shape index (κ1) is 53.2. The Morgan fingerprint density at radius 1 is 0.767 bits per heavy atom. The van der Waals surface area contributed by atoms with Crippen LogP contribution in [-0.2, 0) is 18.9 Å². The molecule has 0 saturated carbocycles. The molecule has 17 nitrogen and oxygen atoms in total. The van der Waals surface area contributed by atoms with Crippen LogP contribution in [0.3, 0.4) is 0 Å². The van der Waals surface area contributed by atoms with E-state index in [0.29, 0.717) is 0 Å². The zero-order valence-corrected chi connectivity index (χ0v) is 23.4. The molecule has 0 aliphatic rings. The third kappa shape index (κ3) is 78.1. The van der Waals surface area contributed by atoms with E-state index in [9.17, 15) is 14.4 Å². The summed E-state index contributed by atoms with van der Waals surface area (Å²) in [5.74, 6) is -5.02. The molecule has 0 aromatic carbocycles. The zero-order valence-electron chi connectivity index (χ0n) is 15.8. The number of carboxylic acid groups (broad SMARTS) is 3. The van der Waals surface area contributed by atoms with Crippen LogP contribution in [0.4, 0.5) is 0 Å². The normalized spacial score (nSPS) is 8.47. The maximum Gasteiger partial charge on any atom is 1.00 e. The zero-order chi connectivity index (χ0) is 22.3. The number of aliphatic carboxylic acids is 3. The molecule has 0 fully saturated rings. The summed E-state index contributed by atoms with van der Waals surface area (Å²) in [6, 6.07) is 0. The molecule has 0 aliphatic heterocycles. The fraction of sp³-hybridized carbons (Fsp3) is 0.500. The number of rotatable bonds is 5. The number of hydrogen-bond donors (Lipinski definition) is 11. The van der Waals surface area contributed by atoms with Crippen LogP contribution in [0.1, 0.15) is 12.8 Å². The number of hydrogen-bond acceptors (Lipinski definition) is 13. The summed E-state index contributed by atoms with van der Waals surface area (Å²) in [6.07, 6.45) is -2.29. The van der Waals surface area contributed by atoms with Gasteiger partial charge in [0.2, 0.25) is 0 Å². The maximum absolute atomic E-state index is 10.3. The molecule has 162 valence electrons. The molecule has 0 radical (unpaired) electrons. The van der Waals surface area contributed by atoms with Crippen LogP contribution in [0.25, 0.3) is 0 Å². The van der Waals surface area contributed by atoms with Gasteiger partial charge in [-0.1, -0.05) is 0 Å². The van der Waals surface area contributed by atoms with Gasteiger partial charge in [-0.3, -0.25) is 9.59 Å². The number of halogens is 1. The van der Waals surface area contributed by atoms with Gasteiger partial charge in [0.25, 0.3) is 0 Å². The summed E-state index contributed by atoms with van der Waals surface area (Å²) in [7, 11) is -9.47. The Morgan fingerprint density at radius 3 is 0.967 bits per heavy atom. The summed E-state index contributed by atoms with van der Waals surface area (Å²) in [5, 5.41) is 76.8. The standard InChI is InChI=1S/C6H8O7.2BH3O3.ClH.3Na.H3O4P/c7-3(8)1-6(13,5(11)12)2-4(9)10;2*2-1(3)4;;;;;1-5(2,3)4/h13H,1-2H2,(H,7,8)(H,9,10)(H,11,12);2*2-4H;1H;;;;(H3,1,2,3,4)/q;;;;3*+1;/p-3. The Bertz CT molecular complexity index is 443. The molecule has 0 unspecified atom stereocenters. The third-order valence-electron chi connectivity index (χ3n) is 1.29. The molecule has 0 amide bonds. The minimum atomic E-state index is -5.14. The van der Waals surface area contributed by atoms with Crippen molar-refractivity contribution in [1.82, 2.24) is 0 Å². The molecule has 0 atom stereocenters. The van der Waals surface area contributed by atoms with Crippen molar-refractivity contribution < 1.29 is 185 Å². The molecule has 0 aliphatic carbocycles. The van der Waals surface area contributed by atoms with E-state index < -0.39 is 58.8 Å². The predicted octanol–water partition coefficient (Wildman–Crippen LogP) is -19.5. The number of carbonyl (C=O) groups is 3. The van der Waals surface area contributed by atoms with Crippen molar-refractivity contribution in [2.75, 3.05) is 0 Å². The molecular formula is C6H15B2ClNa3O17P. The quantitative estimate of drug-likeness (QED) is 0.119. The van der Waals surface area contributed by atoms with Crippen molar-refractivity contribution in [1.29, 1.82) is 0 Å². The second-order valence-electron chi connectivity index (χ2n) is 3.64. The van der Waals surface area contributed by atoms with Gasteiger partial charge in [0, 0.05) is 0 Å². The van der Waals surface area contributed by atoms with Crippen LogP contribution in [0.5, 0.6) is 0 Å². The van der Waals surface area contributed by atoms with Crippen LogP contribution >= 0.6 is 7.82 Å². The van der Waals surface area contributed by atoms with E-state index in [1.165, 1.54) is 0 Å². The van der Waals surface area contributed by atoms with Gasteiger partial charge < -0.3 is 82.2 Å². The van der Waals surface area contributed by atoms with Crippen LogP contribution < -0.4 is 111 Å². The summed E-state index contributed by atoms with van der Waals surface area (Å²) >= 11 is 0. The van der Waals surface area contributed by atoms with E-state index in [4.69, 9.17) is 69.8 Å². The van der Waals surface area contributed by atoms with E-state index in [-0.39, 0.29) is 101 Å². The topological polar surface area (TPSA) is 337 Å². The number of phosphoric acid groups is 1. The van der Waals surface area contributed by atoms with E-state index >= 15 is 0 Å². The Morgan fingerprint density at radius 2 is 0.900 bits per heavy atom. The van der Waals surface area contributed by atoms with Gasteiger partial charge in [0.05, 0.1) is 20.7 Å². The molecule has 24 heteroatoms. The van der Waals surface area contributed by atoms with Gasteiger partial charge >= 0.3 is 121 Å². The van der Waals surface area contributed by atoms with Crippen molar-refractivity contribution >= 4 is 40.4 Å². The Balaban J connectivity index is -0.0000000402. The molecule has 0 saturated heterocycles. The maximum atomic E-state index is 10.3. The summed E-state index contributed by atoms with van der Waals surface area (Å²) < 4.78 is 8.66. The van der Waals surface area contributed by atoms with Crippen molar-refractivity contribution in [3.63, 3.8) is 0 Å². The van der Waals surface area contributed by atoms with Crippen LogP contribution in [0, 0.1) is 0 Å². The Labute approximate surface area is 241 Å².